The van der Waals surface area contributed by atoms with Crippen LogP contribution in [-0.2, 0) is 0 Å². The lowest BCUT2D eigenvalue weighted by atomic mass is 10.0. The van der Waals surface area contributed by atoms with Crippen LogP contribution < -0.4 is 10.6 Å². The van der Waals surface area contributed by atoms with Crippen molar-refractivity contribution in [1.82, 2.24) is 10.6 Å². The van der Waals surface area contributed by atoms with Crippen molar-refractivity contribution in [1.29, 1.82) is 0 Å². The molecule has 0 aliphatic heterocycles. The van der Waals surface area contributed by atoms with Crippen molar-refractivity contribution in [3.8, 4) is 0 Å². The highest BCUT2D eigenvalue weighted by atomic mass is 16.4. The Bertz CT molecular complexity index is 441. The standard InChI is InChI=1S/C14H20N2O3/c1-9(2)12(16-14(18)19)8-15-13(17)11-6-4-10(3)5-7-11/h4-7,9,12,16H,8H2,1-3H3,(H,15,17)(H,18,19). The number of carbonyl (C=O) groups is 2. The van der Waals surface area contributed by atoms with Crippen molar-refractivity contribution in [3.63, 3.8) is 0 Å². The fraction of sp³-hybridized carbons (Fsp3) is 0.429. The second-order valence-corrected chi connectivity index (χ2v) is 4.88. The first-order chi connectivity index (χ1) is 8.90. The Morgan fingerprint density at radius 3 is 2.26 bits per heavy atom. The molecule has 0 fully saturated rings. The van der Waals surface area contributed by atoms with Gasteiger partial charge in [0, 0.05) is 12.1 Å². The fourth-order valence-corrected chi connectivity index (χ4v) is 1.62. The number of carbonyl (C=O) groups excluding carboxylic acids is 1. The zero-order chi connectivity index (χ0) is 14.4. The van der Waals surface area contributed by atoms with Gasteiger partial charge in [-0.2, -0.15) is 0 Å². The molecule has 5 nitrogen and oxygen atoms in total. The van der Waals surface area contributed by atoms with E-state index in [0.29, 0.717) is 5.56 Å². The molecular formula is C14H20N2O3. The maximum atomic E-state index is 11.9. The van der Waals surface area contributed by atoms with Crippen molar-refractivity contribution < 1.29 is 14.7 Å². The van der Waals surface area contributed by atoms with Crippen LogP contribution in [0.5, 0.6) is 0 Å². The predicted molar refractivity (Wildman–Crippen MR) is 73.3 cm³/mol. The molecule has 1 aromatic carbocycles. The molecule has 3 N–H and O–H groups in total. The number of hydrogen-bond acceptors (Lipinski definition) is 2. The lowest BCUT2D eigenvalue weighted by molar-refractivity contribution is 0.0945. The summed E-state index contributed by atoms with van der Waals surface area (Å²) >= 11 is 0. The van der Waals surface area contributed by atoms with Gasteiger partial charge in [-0.1, -0.05) is 31.5 Å². The highest BCUT2D eigenvalue weighted by Crippen LogP contribution is 2.04. The van der Waals surface area contributed by atoms with Crippen LogP contribution in [0.15, 0.2) is 24.3 Å². The number of hydrogen-bond donors (Lipinski definition) is 3. The normalized spacial score (nSPS) is 12.0. The Labute approximate surface area is 113 Å². The summed E-state index contributed by atoms with van der Waals surface area (Å²) in [6, 6.07) is 6.93. The topological polar surface area (TPSA) is 78.4 Å². The van der Waals surface area contributed by atoms with E-state index in [4.69, 9.17) is 5.11 Å². The maximum absolute atomic E-state index is 11.9. The average molecular weight is 264 g/mol. The van der Waals surface area contributed by atoms with Gasteiger partial charge in [0.05, 0.1) is 6.04 Å². The van der Waals surface area contributed by atoms with Gasteiger partial charge in [-0.25, -0.2) is 4.79 Å². The van der Waals surface area contributed by atoms with Crippen LogP contribution in [0.25, 0.3) is 0 Å². The Balaban J connectivity index is 2.56. The SMILES string of the molecule is Cc1ccc(C(=O)NCC(NC(=O)O)C(C)C)cc1. The van der Waals surface area contributed by atoms with Crippen LogP contribution in [0.4, 0.5) is 4.79 Å². The molecule has 0 aromatic heterocycles. The van der Waals surface area contributed by atoms with Crippen LogP contribution in [0.3, 0.4) is 0 Å². The van der Waals surface area contributed by atoms with E-state index in [1.54, 1.807) is 12.1 Å². The Morgan fingerprint density at radius 2 is 1.79 bits per heavy atom. The van der Waals surface area contributed by atoms with Crippen molar-refractivity contribution in [2.75, 3.05) is 6.54 Å². The molecule has 1 atom stereocenters. The number of rotatable bonds is 5. The molecule has 0 radical (unpaired) electrons. The van der Waals surface area contributed by atoms with Gasteiger partial charge in [-0.3, -0.25) is 4.79 Å². The molecule has 1 unspecified atom stereocenters. The summed E-state index contributed by atoms with van der Waals surface area (Å²) in [5, 5.41) is 13.9. The van der Waals surface area contributed by atoms with Gasteiger partial charge in [0.15, 0.2) is 0 Å². The lowest BCUT2D eigenvalue weighted by Gasteiger charge is -2.21. The molecule has 2 amide bonds. The van der Waals surface area contributed by atoms with Gasteiger partial charge in [0.1, 0.15) is 0 Å². The van der Waals surface area contributed by atoms with E-state index in [2.05, 4.69) is 10.6 Å². The summed E-state index contributed by atoms with van der Waals surface area (Å²) in [5.74, 6) is -0.0905. The first-order valence-electron chi connectivity index (χ1n) is 6.24. The Morgan fingerprint density at radius 1 is 1.21 bits per heavy atom. The molecule has 0 spiro atoms. The van der Waals surface area contributed by atoms with E-state index < -0.39 is 6.09 Å². The number of benzene rings is 1. The molecule has 0 bridgehead atoms. The molecule has 0 saturated heterocycles. The number of nitrogens with one attached hydrogen (secondary N) is 2. The van der Waals surface area contributed by atoms with Crippen LogP contribution in [0.2, 0.25) is 0 Å². The van der Waals surface area contributed by atoms with E-state index in [-0.39, 0.29) is 24.4 Å². The summed E-state index contributed by atoms with van der Waals surface area (Å²) in [6.07, 6.45) is -1.08. The molecule has 19 heavy (non-hydrogen) atoms. The molecule has 0 heterocycles. The summed E-state index contributed by atoms with van der Waals surface area (Å²) in [7, 11) is 0. The van der Waals surface area contributed by atoms with Crippen molar-refractivity contribution in [2.45, 2.75) is 26.8 Å². The minimum atomic E-state index is -1.08. The van der Waals surface area contributed by atoms with Crippen molar-refractivity contribution >= 4 is 12.0 Å². The van der Waals surface area contributed by atoms with E-state index in [1.165, 1.54) is 0 Å². The predicted octanol–water partition coefficient (Wildman–Crippen LogP) is 2.02. The number of carboxylic acid groups (broad SMARTS) is 1. The molecule has 0 aliphatic rings. The van der Waals surface area contributed by atoms with Crippen LogP contribution in [-0.4, -0.2) is 29.7 Å². The second kappa shape index (κ2) is 6.78. The highest BCUT2D eigenvalue weighted by molar-refractivity contribution is 5.94. The number of amides is 2. The van der Waals surface area contributed by atoms with Crippen LogP contribution in [0.1, 0.15) is 29.8 Å². The smallest absolute Gasteiger partial charge is 0.404 e. The number of aryl methyl sites for hydroxylation is 1. The summed E-state index contributed by atoms with van der Waals surface area (Å²) in [4.78, 5) is 22.5. The van der Waals surface area contributed by atoms with Gasteiger partial charge in [0.25, 0.3) is 5.91 Å². The fourth-order valence-electron chi connectivity index (χ4n) is 1.62. The third-order valence-corrected chi connectivity index (χ3v) is 2.91. The summed E-state index contributed by atoms with van der Waals surface area (Å²) < 4.78 is 0. The zero-order valence-electron chi connectivity index (χ0n) is 11.4. The molecule has 104 valence electrons. The Hall–Kier alpha value is -2.04. The van der Waals surface area contributed by atoms with Crippen LogP contribution in [0, 0.1) is 12.8 Å². The monoisotopic (exact) mass is 264 g/mol. The molecule has 1 rings (SSSR count). The molecule has 1 aromatic rings. The van der Waals surface area contributed by atoms with Crippen LogP contribution >= 0.6 is 0 Å². The van der Waals surface area contributed by atoms with E-state index in [9.17, 15) is 9.59 Å². The Kier molecular flexibility index (Phi) is 5.36. The third kappa shape index (κ3) is 4.99. The van der Waals surface area contributed by atoms with E-state index in [1.807, 2.05) is 32.9 Å². The maximum Gasteiger partial charge on any atom is 0.404 e. The quantitative estimate of drug-likeness (QED) is 0.761. The summed E-state index contributed by atoms with van der Waals surface area (Å²) in [5.41, 5.74) is 1.66. The van der Waals surface area contributed by atoms with Crippen molar-refractivity contribution in [3.05, 3.63) is 35.4 Å². The molecule has 5 heteroatoms. The van der Waals surface area contributed by atoms with E-state index in [0.717, 1.165) is 5.56 Å². The molecule has 0 aliphatic carbocycles. The second-order valence-electron chi connectivity index (χ2n) is 4.88. The van der Waals surface area contributed by atoms with Crippen molar-refractivity contribution in [2.24, 2.45) is 5.92 Å². The van der Waals surface area contributed by atoms with Gasteiger partial charge >= 0.3 is 6.09 Å². The minimum Gasteiger partial charge on any atom is -0.465 e. The van der Waals surface area contributed by atoms with Gasteiger partial charge in [-0.15, -0.1) is 0 Å². The minimum absolute atomic E-state index is 0.106. The average Bonchev–Trinajstić information content (AvgIpc) is 2.34. The van der Waals surface area contributed by atoms with E-state index >= 15 is 0 Å². The zero-order valence-corrected chi connectivity index (χ0v) is 11.4. The lowest BCUT2D eigenvalue weighted by Crippen LogP contribution is -2.46. The van der Waals surface area contributed by atoms with Gasteiger partial charge < -0.3 is 15.7 Å². The first-order valence-corrected chi connectivity index (χ1v) is 6.24. The first kappa shape index (κ1) is 15.0. The molecular weight excluding hydrogens is 244 g/mol. The van der Waals surface area contributed by atoms with Gasteiger partial charge in [0.2, 0.25) is 0 Å². The van der Waals surface area contributed by atoms with Gasteiger partial charge in [-0.05, 0) is 25.0 Å². The third-order valence-electron chi connectivity index (χ3n) is 2.91. The largest absolute Gasteiger partial charge is 0.465 e. The summed E-state index contributed by atoms with van der Waals surface area (Å²) in [6.45, 7) is 6.03. The highest BCUT2D eigenvalue weighted by Gasteiger charge is 2.16. The molecule has 0 saturated carbocycles.